The van der Waals surface area contributed by atoms with Gasteiger partial charge in [-0.3, -0.25) is 9.59 Å². The molecule has 0 unspecified atom stereocenters. The van der Waals surface area contributed by atoms with Gasteiger partial charge in [0.25, 0.3) is 0 Å². The van der Waals surface area contributed by atoms with Crippen molar-refractivity contribution in [2.24, 2.45) is 5.92 Å². The monoisotopic (exact) mass is 1060 g/mol. The SMILES string of the molecule is CC(=O)OC[C@H]1O[C@@H](O[C@@](CC(=O)OCc2ccc(O[C@H]3O[C@H](CO)[C@H](O)[C@H](O)[C@@H]3O)cc2)(CC(C)C)C(=O)OCc2ccc(O[C@H]3O[C@@H](CO)[C@H](O)[C@H](O)[C@H]3O)cc2)[C@H](O)[C@@H](OC(=O)C=Cc2ccccc2)[C@H]1O. The Balaban J connectivity index is 1.23. The molecule has 3 heterocycles. The van der Waals surface area contributed by atoms with Crippen LogP contribution in [0.1, 0.15) is 50.3 Å². The zero-order chi connectivity index (χ0) is 54.6. The number of hydrogen-bond acceptors (Lipinski definition) is 24. The van der Waals surface area contributed by atoms with Crippen LogP contribution in [0.25, 0.3) is 6.08 Å². The molecule has 6 rings (SSSR count). The van der Waals surface area contributed by atoms with Crippen molar-refractivity contribution < 1.29 is 118 Å². The largest absolute Gasteiger partial charge is 0.463 e. The number of aliphatic hydroxyl groups is 10. The van der Waals surface area contributed by atoms with E-state index in [-0.39, 0.29) is 17.9 Å². The van der Waals surface area contributed by atoms with E-state index in [4.69, 9.17) is 47.4 Å². The molecule has 0 aliphatic carbocycles. The van der Waals surface area contributed by atoms with Gasteiger partial charge in [0, 0.05) is 13.0 Å². The van der Waals surface area contributed by atoms with Gasteiger partial charge in [-0.15, -0.1) is 0 Å². The molecule has 3 aliphatic heterocycles. The van der Waals surface area contributed by atoms with E-state index in [0.717, 1.165) is 13.0 Å². The van der Waals surface area contributed by atoms with Crippen LogP contribution >= 0.6 is 0 Å². The van der Waals surface area contributed by atoms with Crippen LogP contribution in [0.3, 0.4) is 0 Å². The molecule has 3 aromatic carbocycles. The molecule has 24 heteroatoms. The van der Waals surface area contributed by atoms with Gasteiger partial charge in [0.05, 0.1) is 19.6 Å². The van der Waals surface area contributed by atoms with Crippen molar-refractivity contribution in [3.05, 3.63) is 102 Å². The molecule has 16 atom stereocenters. The third-order valence-electron chi connectivity index (χ3n) is 12.3. The van der Waals surface area contributed by atoms with Crippen molar-refractivity contribution in [3.8, 4) is 11.5 Å². The van der Waals surface area contributed by atoms with E-state index in [1.807, 2.05) is 0 Å². The summed E-state index contributed by atoms with van der Waals surface area (Å²) in [5.74, 6) is -4.23. The first-order chi connectivity index (χ1) is 35.7. The molecule has 10 N–H and O–H groups in total. The summed E-state index contributed by atoms with van der Waals surface area (Å²) in [5, 5.41) is 104. The summed E-state index contributed by atoms with van der Waals surface area (Å²) in [7, 11) is 0. The Morgan fingerprint density at radius 1 is 0.600 bits per heavy atom. The lowest BCUT2D eigenvalue weighted by Gasteiger charge is -2.44. The van der Waals surface area contributed by atoms with Crippen molar-refractivity contribution in [3.63, 3.8) is 0 Å². The lowest BCUT2D eigenvalue weighted by Crippen LogP contribution is -2.63. The average molecular weight is 1060 g/mol. The molecule has 0 aromatic heterocycles. The Labute approximate surface area is 430 Å². The van der Waals surface area contributed by atoms with Gasteiger partial charge in [-0.1, -0.05) is 68.4 Å². The van der Waals surface area contributed by atoms with Crippen LogP contribution < -0.4 is 9.47 Å². The third kappa shape index (κ3) is 15.5. The molecule has 412 valence electrons. The van der Waals surface area contributed by atoms with E-state index in [1.54, 1.807) is 44.2 Å². The molecule has 0 radical (unpaired) electrons. The molecule has 3 aliphatic rings. The molecular formula is C51H64O24. The van der Waals surface area contributed by atoms with Crippen LogP contribution in [-0.2, 0) is 70.3 Å². The van der Waals surface area contributed by atoms with E-state index in [9.17, 15) is 70.2 Å². The lowest BCUT2D eigenvalue weighted by molar-refractivity contribution is -0.328. The fraction of sp³-hybridized carbons (Fsp3) is 0.529. The van der Waals surface area contributed by atoms with Crippen LogP contribution in [0.5, 0.6) is 11.5 Å². The predicted molar refractivity (Wildman–Crippen MR) is 252 cm³/mol. The molecule has 0 bridgehead atoms. The average Bonchev–Trinajstić information content (AvgIpc) is 3.39. The van der Waals surface area contributed by atoms with Gasteiger partial charge in [-0.05, 0) is 59.4 Å². The number of carbonyl (C=O) groups excluding carboxylic acids is 4. The van der Waals surface area contributed by atoms with Crippen molar-refractivity contribution in [2.75, 3.05) is 19.8 Å². The first kappa shape index (κ1) is 58.6. The van der Waals surface area contributed by atoms with Gasteiger partial charge in [0.15, 0.2) is 18.0 Å². The van der Waals surface area contributed by atoms with Gasteiger partial charge in [-0.2, -0.15) is 0 Å². The summed E-state index contributed by atoms with van der Waals surface area (Å²) in [6.07, 6.45) is -23.3. The standard InChI is InChI=1S/C51H64O24/c1-26(2)19-51(50(65)68-24-30-11-16-32(17-12-30)70-48-44(63)42(61)39(58)34(22-53)72-48,20-37(56)67-23-29-9-14-31(15-10-29)69-47-43(62)41(60)38(57)33(21-52)71-47)75-49-45(64)46(40(59)35(73-49)25-66-27(3)54)74-36(55)18-13-28-7-5-4-6-8-28/h4-18,26,33-35,38-49,52-53,57-64H,19-25H2,1-3H3/t33-,34+,35-,38+,39+,40+,41+,42+,43+,44-,45-,46+,47+,48+,49+,51-/m1/s1. The highest BCUT2D eigenvalue weighted by molar-refractivity contribution is 5.87. The normalized spacial score (nSPS) is 30.7. The maximum Gasteiger partial charge on any atom is 0.339 e. The Morgan fingerprint density at radius 2 is 1.11 bits per heavy atom. The Morgan fingerprint density at radius 3 is 1.60 bits per heavy atom. The summed E-state index contributed by atoms with van der Waals surface area (Å²) in [4.78, 5) is 53.7. The molecular weight excluding hydrogens is 997 g/mol. The molecule has 0 amide bonds. The van der Waals surface area contributed by atoms with Crippen LogP contribution in [0.4, 0.5) is 0 Å². The first-order valence-electron chi connectivity index (χ1n) is 23.9. The minimum Gasteiger partial charge on any atom is -0.463 e. The van der Waals surface area contributed by atoms with Gasteiger partial charge in [-0.25, -0.2) is 9.59 Å². The number of ether oxygens (including phenoxy) is 10. The van der Waals surface area contributed by atoms with E-state index in [1.165, 1.54) is 54.6 Å². The van der Waals surface area contributed by atoms with E-state index < -0.39 is 167 Å². The van der Waals surface area contributed by atoms with Gasteiger partial charge >= 0.3 is 23.9 Å². The topological polar surface area (TPSA) is 363 Å². The zero-order valence-corrected chi connectivity index (χ0v) is 41.0. The van der Waals surface area contributed by atoms with Gasteiger partial charge < -0.3 is 98.4 Å². The highest BCUT2D eigenvalue weighted by Gasteiger charge is 2.54. The van der Waals surface area contributed by atoms with E-state index >= 15 is 0 Å². The Kier molecular flexibility index (Phi) is 21.0. The lowest BCUT2D eigenvalue weighted by atomic mass is 9.88. The minimum atomic E-state index is -2.37. The number of esters is 4. The van der Waals surface area contributed by atoms with Crippen LogP contribution in [0.2, 0.25) is 0 Å². The number of carbonyl (C=O) groups is 4. The number of hydrogen-bond donors (Lipinski definition) is 10. The summed E-state index contributed by atoms with van der Waals surface area (Å²) < 4.78 is 56.5. The van der Waals surface area contributed by atoms with Crippen LogP contribution in [-0.4, -0.2) is 192 Å². The predicted octanol–water partition coefficient (Wildman–Crippen LogP) is -1.34. The van der Waals surface area contributed by atoms with Gasteiger partial charge in [0.2, 0.25) is 12.6 Å². The maximum atomic E-state index is 14.7. The minimum absolute atomic E-state index is 0.102. The molecule has 0 saturated carbocycles. The van der Waals surface area contributed by atoms with E-state index in [2.05, 4.69) is 0 Å². The summed E-state index contributed by atoms with van der Waals surface area (Å²) in [6.45, 7) is 1.62. The molecule has 0 spiro atoms. The van der Waals surface area contributed by atoms with Crippen molar-refractivity contribution in [1.29, 1.82) is 0 Å². The van der Waals surface area contributed by atoms with Crippen molar-refractivity contribution in [2.45, 2.75) is 145 Å². The number of rotatable bonds is 22. The quantitative estimate of drug-likeness (QED) is 0.0316. The highest BCUT2D eigenvalue weighted by Crippen LogP contribution is 2.36. The molecule has 24 nitrogen and oxygen atoms in total. The smallest absolute Gasteiger partial charge is 0.339 e. The van der Waals surface area contributed by atoms with Crippen molar-refractivity contribution >= 4 is 30.0 Å². The summed E-state index contributed by atoms with van der Waals surface area (Å²) >= 11 is 0. The second-order valence-corrected chi connectivity index (χ2v) is 18.5. The summed E-state index contributed by atoms with van der Waals surface area (Å²) in [5.41, 5.74) is -1.02. The Hall–Kier alpha value is -5.68. The molecule has 3 fully saturated rings. The van der Waals surface area contributed by atoms with Crippen LogP contribution in [0, 0.1) is 5.92 Å². The number of benzene rings is 3. The number of aliphatic hydroxyl groups excluding tert-OH is 10. The molecule has 3 aromatic rings. The second-order valence-electron chi connectivity index (χ2n) is 18.5. The first-order valence-corrected chi connectivity index (χ1v) is 23.9. The van der Waals surface area contributed by atoms with E-state index in [0.29, 0.717) is 16.7 Å². The highest BCUT2D eigenvalue weighted by atomic mass is 16.7. The van der Waals surface area contributed by atoms with Crippen LogP contribution in [0.15, 0.2) is 84.9 Å². The molecule has 75 heavy (non-hydrogen) atoms. The second kappa shape index (κ2) is 26.9. The Bertz CT molecular complexity index is 2330. The fourth-order valence-electron chi connectivity index (χ4n) is 8.28. The maximum absolute atomic E-state index is 14.7. The molecule has 3 saturated heterocycles. The van der Waals surface area contributed by atoms with Gasteiger partial charge in [0.1, 0.15) is 98.5 Å². The zero-order valence-electron chi connectivity index (χ0n) is 41.0. The fourth-order valence-corrected chi connectivity index (χ4v) is 8.28. The third-order valence-corrected chi connectivity index (χ3v) is 12.3. The summed E-state index contributed by atoms with van der Waals surface area (Å²) in [6, 6.07) is 20.2. The van der Waals surface area contributed by atoms with Crippen molar-refractivity contribution in [1.82, 2.24) is 0 Å².